The SMILES string of the molecule is FC(F)(F)C(F)(C(F)(F)F)C(I)(C(F)(F)F)C(F)(F)F. The van der Waals surface area contributed by atoms with E-state index in [4.69, 9.17) is 0 Å². The minimum atomic E-state index is -7.57. The van der Waals surface area contributed by atoms with Crippen LogP contribution in [0.3, 0.4) is 0 Å². The molecule has 0 N–H and O–H groups in total. The molecule has 0 unspecified atom stereocenters. The Labute approximate surface area is 114 Å². The molecule has 122 valence electrons. The van der Waals surface area contributed by atoms with Crippen LogP contribution in [0.1, 0.15) is 0 Å². The maximum atomic E-state index is 13.1. The Bertz CT molecular complexity index is 289. The highest BCUT2D eigenvalue weighted by atomic mass is 127. The molecule has 0 heterocycles. The standard InChI is InChI=1S/C6F13I/c7-1(3(8,9)10,4(11,12)13)2(20,5(14,15)16)6(17,18)19. The first-order chi connectivity index (χ1) is 8.25. The van der Waals surface area contributed by atoms with Crippen LogP contribution in [0.2, 0.25) is 0 Å². The van der Waals surface area contributed by atoms with Crippen molar-refractivity contribution < 1.29 is 57.1 Å². The first-order valence-electron chi connectivity index (χ1n) is 3.90. The molecule has 0 aromatic heterocycles. The minimum absolute atomic E-state index is 1.25. The van der Waals surface area contributed by atoms with E-state index in [0.29, 0.717) is 0 Å². The molecule has 0 amide bonds. The second-order valence-electron chi connectivity index (χ2n) is 3.31. The van der Waals surface area contributed by atoms with Crippen LogP contribution in [0.25, 0.3) is 0 Å². The molecule has 0 aliphatic carbocycles. The molecule has 0 radical (unpaired) electrons. The van der Waals surface area contributed by atoms with Gasteiger partial charge in [-0.1, -0.05) is 22.6 Å². The van der Waals surface area contributed by atoms with E-state index in [-0.39, 0.29) is 0 Å². The molecule has 0 aromatic carbocycles. The fraction of sp³-hybridized carbons (Fsp3) is 1.00. The lowest BCUT2D eigenvalue weighted by Crippen LogP contribution is -2.75. The van der Waals surface area contributed by atoms with E-state index in [1.165, 1.54) is 0 Å². The van der Waals surface area contributed by atoms with Crippen molar-refractivity contribution in [2.24, 2.45) is 0 Å². The smallest absolute Gasteiger partial charge is 0.221 e. The Kier molecular flexibility index (Phi) is 4.62. The molecule has 0 nitrogen and oxygen atoms in total. The summed E-state index contributed by atoms with van der Waals surface area (Å²) in [7, 11) is 0. The zero-order valence-corrected chi connectivity index (χ0v) is 10.4. The van der Waals surface area contributed by atoms with E-state index in [2.05, 4.69) is 0 Å². The van der Waals surface area contributed by atoms with Crippen molar-refractivity contribution in [2.75, 3.05) is 0 Å². The molecule has 0 aliphatic rings. The fourth-order valence-electron chi connectivity index (χ4n) is 1.10. The van der Waals surface area contributed by atoms with Crippen molar-refractivity contribution in [1.29, 1.82) is 0 Å². The summed E-state index contributed by atoms with van der Waals surface area (Å²) in [6, 6.07) is 0. The van der Waals surface area contributed by atoms with Crippen LogP contribution in [0.15, 0.2) is 0 Å². The van der Waals surface area contributed by atoms with E-state index in [1.807, 2.05) is 0 Å². The summed E-state index contributed by atoms with van der Waals surface area (Å²) < 4.78 is 152. The molecule has 0 aliphatic heterocycles. The monoisotopic (exact) mass is 446 g/mol. The second kappa shape index (κ2) is 4.66. The lowest BCUT2D eigenvalue weighted by atomic mass is 9.86. The summed E-state index contributed by atoms with van der Waals surface area (Å²) in [6.07, 6.45) is -29.4. The van der Waals surface area contributed by atoms with Crippen molar-refractivity contribution in [1.82, 2.24) is 0 Å². The highest BCUT2D eigenvalue weighted by molar-refractivity contribution is 14.1. The van der Waals surface area contributed by atoms with E-state index < -0.39 is 56.4 Å². The van der Waals surface area contributed by atoms with Gasteiger partial charge in [0.25, 0.3) is 3.42 Å². The summed E-state index contributed by atoms with van der Waals surface area (Å²) in [5.41, 5.74) is -7.57. The number of hydrogen-bond acceptors (Lipinski definition) is 0. The van der Waals surface area contributed by atoms with Gasteiger partial charge in [-0.05, 0) is 0 Å². The van der Waals surface area contributed by atoms with E-state index in [1.54, 1.807) is 0 Å². The van der Waals surface area contributed by atoms with Gasteiger partial charge in [0.2, 0.25) is 0 Å². The maximum Gasteiger partial charge on any atom is 0.433 e. The van der Waals surface area contributed by atoms with Crippen LogP contribution in [0.4, 0.5) is 57.1 Å². The van der Waals surface area contributed by atoms with Crippen LogP contribution in [-0.4, -0.2) is 33.8 Å². The van der Waals surface area contributed by atoms with Crippen LogP contribution in [0.5, 0.6) is 0 Å². The Balaban J connectivity index is 6.71. The topological polar surface area (TPSA) is 0 Å². The highest BCUT2D eigenvalue weighted by Crippen LogP contribution is 2.65. The number of alkyl halides is 14. The fourth-order valence-corrected chi connectivity index (χ4v) is 1.71. The first-order valence-corrected chi connectivity index (χ1v) is 4.97. The zero-order valence-electron chi connectivity index (χ0n) is 8.29. The largest absolute Gasteiger partial charge is 0.433 e. The van der Waals surface area contributed by atoms with Gasteiger partial charge < -0.3 is 0 Å². The van der Waals surface area contributed by atoms with Gasteiger partial charge in [-0.2, -0.15) is 52.7 Å². The van der Waals surface area contributed by atoms with Gasteiger partial charge in [-0.15, -0.1) is 0 Å². The molecular weight excluding hydrogens is 446 g/mol. The molecule has 0 rings (SSSR count). The third kappa shape index (κ3) is 2.51. The Morgan fingerprint density at radius 2 is 0.600 bits per heavy atom. The van der Waals surface area contributed by atoms with Gasteiger partial charge in [0.15, 0.2) is 0 Å². The molecule has 14 heteroatoms. The lowest BCUT2D eigenvalue weighted by molar-refractivity contribution is -0.405. The minimum Gasteiger partial charge on any atom is -0.221 e. The van der Waals surface area contributed by atoms with E-state index in [9.17, 15) is 57.1 Å². The van der Waals surface area contributed by atoms with Crippen molar-refractivity contribution in [2.45, 2.75) is 33.8 Å². The van der Waals surface area contributed by atoms with Crippen LogP contribution < -0.4 is 0 Å². The molecule has 0 atom stereocenters. The molecule has 0 saturated carbocycles. The number of hydrogen-bond donors (Lipinski definition) is 0. The Morgan fingerprint density at radius 1 is 0.400 bits per heavy atom. The predicted octanol–water partition coefficient (Wildman–Crippen LogP) is 5.12. The average Bonchev–Trinajstić information content (AvgIpc) is 2.07. The molecule has 0 aromatic rings. The number of halogens is 14. The van der Waals surface area contributed by atoms with Gasteiger partial charge in [-0.25, -0.2) is 4.39 Å². The van der Waals surface area contributed by atoms with E-state index >= 15 is 0 Å². The summed E-state index contributed by atoms with van der Waals surface area (Å²) in [6.45, 7) is 0. The van der Waals surface area contributed by atoms with Gasteiger partial charge in [0.1, 0.15) is 0 Å². The van der Waals surface area contributed by atoms with Crippen LogP contribution >= 0.6 is 22.6 Å². The van der Waals surface area contributed by atoms with E-state index in [0.717, 1.165) is 0 Å². The normalized spacial score (nSPS) is 16.5. The summed E-state index contributed by atoms with van der Waals surface area (Å²) >= 11 is -1.25. The van der Waals surface area contributed by atoms with Gasteiger partial charge in [0, 0.05) is 0 Å². The average molecular weight is 446 g/mol. The second-order valence-corrected chi connectivity index (χ2v) is 4.93. The third-order valence-corrected chi connectivity index (χ3v) is 4.00. The molecule has 0 bridgehead atoms. The quantitative estimate of drug-likeness (QED) is 0.298. The van der Waals surface area contributed by atoms with Gasteiger partial charge in [0.05, 0.1) is 0 Å². The molecule has 0 fully saturated rings. The third-order valence-electron chi connectivity index (χ3n) is 2.04. The molecule has 0 spiro atoms. The zero-order chi connectivity index (χ0) is 17.0. The summed E-state index contributed by atoms with van der Waals surface area (Å²) in [4.78, 5) is 0. The Morgan fingerprint density at radius 3 is 0.650 bits per heavy atom. The maximum absolute atomic E-state index is 13.1. The molecular formula is C6F13I. The van der Waals surface area contributed by atoms with Crippen LogP contribution in [-0.2, 0) is 0 Å². The highest BCUT2D eigenvalue weighted by Gasteiger charge is 2.94. The van der Waals surface area contributed by atoms with Crippen molar-refractivity contribution in [3.8, 4) is 0 Å². The first kappa shape index (κ1) is 19.8. The molecule has 0 saturated heterocycles. The predicted molar refractivity (Wildman–Crippen MR) is 44.8 cm³/mol. The van der Waals surface area contributed by atoms with Crippen LogP contribution in [0, 0.1) is 0 Å². The lowest BCUT2D eigenvalue weighted by Gasteiger charge is -2.44. The summed E-state index contributed by atoms with van der Waals surface area (Å²) in [5.74, 6) is 0. The number of rotatable bonds is 1. The van der Waals surface area contributed by atoms with Crippen molar-refractivity contribution in [3.05, 3.63) is 0 Å². The van der Waals surface area contributed by atoms with Gasteiger partial charge >= 0.3 is 30.4 Å². The van der Waals surface area contributed by atoms with Gasteiger partial charge in [-0.3, -0.25) is 0 Å². The Hall–Kier alpha value is -0.180. The van der Waals surface area contributed by atoms with Crippen molar-refractivity contribution >= 4 is 22.6 Å². The summed E-state index contributed by atoms with van der Waals surface area (Å²) in [5, 5.41) is 0. The molecule has 20 heavy (non-hydrogen) atoms. The van der Waals surface area contributed by atoms with Crippen molar-refractivity contribution in [3.63, 3.8) is 0 Å².